The first kappa shape index (κ1) is 13.1. The second-order valence-corrected chi connectivity index (χ2v) is 6.09. The average molecular weight is 264 g/mol. The standard InChI is InChI=1S/C14H24N4O/c1-2-11-3-4-13(19)12(7-11)8-17-5-6-18-10-15-16-14(18)9-17/h10-13,19H,2-9H2,1H3. The van der Waals surface area contributed by atoms with E-state index in [2.05, 4.69) is 26.6 Å². The molecule has 1 aromatic rings. The molecule has 0 radical (unpaired) electrons. The number of aromatic nitrogens is 3. The van der Waals surface area contributed by atoms with Crippen LogP contribution in [0.25, 0.3) is 0 Å². The lowest BCUT2D eigenvalue weighted by Crippen LogP contribution is -2.42. The minimum Gasteiger partial charge on any atom is -0.393 e. The summed E-state index contributed by atoms with van der Waals surface area (Å²) in [5.74, 6) is 2.30. The zero-order chi connectivity index (χ0) is 13.2. The predicted octanol–water partition coefficient (Wildman–Crippen LogP) is 1.28. The zero-order valence-corrected chi connectivity index (χ0v) is 11.7. The van der Waals surface area contributed by atoms with Crippen LogP contribution in [0.4, 0.5) is 0 Å². The molecule has 0 bridgehead atoms. The van der Waals surface area contributed by atoms with Crippen molar-refractivity contribution in [3.63, 3.8) is 0 Å². The van der Waals surface area contributed by atoms with Gasteiger partial charge in [0.05, 0.1) is 12.6 Å². The van der Waals surface area contributed by atoms with Crippen LogP contribution >= 0.6 is 0 Å². The van der Waals surface area contributed by atoms with Gasteiger partial charge in [-0.25, -0.2) is 0 Å². The first-order valence-electron chi connectivity index (χ1n) is 7.53. The Bertz CT molecular complexity index is 419. The van der Waals surface area contributed by atoms with E-state index in [9.17, 15) is 5.11 Å². The summed E-state index contributed by atoms with van der Waals surface area (Å²) in [4.78, 5) is 2.43. The number of hydrogen-bond donors (Lipinski definition) is 1. The smallest absolute Gasteiger partial charge is 0.147 e. The van der Waals surface area contributed by atoms with Gasteiger partial charge in [-0.05, 0) is 31.1 Å². The molecule has 2 aliphatic rings. The monoisotopic (exact) mass is 264 g/mol. The van der Waals surface area contributed by atoms with Crippen molar-refractivity contribution in [2.75, 3.05) is 13.1 Å². The van der Waals surface area contributed by atoms with Crippen molar-refractivity contribution in [1.82, 2.24) is 19.7 Å². The molecule has 1 N–H and O–H groups in total. The van der Waals surface area contributed by atoms with Gasteiger partial charge < -0.3 is 9.67 Å². The molecular formula is C14H24N4O. The van der Waals surface area contributed by atoms with Gasteiger partial charge in [-0.15, -0.1) is 10.2 Å². The van der Waals surface area contributed by atoms with E-state index in [1.165, 1.54) is 19.3 Å². The fraction of sp³-hybridized carbons (Fsp3) is 0.857. The van der Waals surface area contributed by atoms with E-state index in [4.69, 9.17) is 0 Å². The van der Waals surface area contributed by atoms with Crippen LogP contribution in [0.15, 0.2) is 6.33 Å². The molecule has 3 atom stereocenters. The highest BCUT2D eigenvalue weighted by Gasteiger charge is 2.30. The molecule has 1 aromatic heterocycles. The first-order valence-corrected chi connectivity index (χ1v) is 7.53. The van der Waals surface area contributed by atoms with E-state index in [0.29, 0.717) is 5.92 Å². The van der Waals surface area contributed by atoms with Crippen LogP contribution in [0.3, 0.4) is 0 Å². The average Bonchev–Trinajstić information content (AvgIpc) is 2.89. The molecule has 0 aromatic carbocycles. The molecule has 3 rings (SSSR count). The van der Waals surface area contributed by atoms with Crippen LogP contribution in [-0.4, -0.2) is 44.0 Å². The Kier molecular flexibility index (Phi) is 3.84. The lowest BCUT2D eigenvalue weighted by atomic mass is 9.78. The molecule has 5 heteroatoms. The minimum absolute atomic E-state index is 0.109. The Morgan fingerprint density at radius 2 is 2.26 bits per heavy atom. The summed E-state index contributed by atoms with van der Waals surface area (Å²) in [5.41, 5.74) is 0. The van der Waals surface area contributed by atoms with E-state index in [1.54, 1.807) is 0 Å². The van der Waals surface area contributed by atoms with E-state index in [-0.39, 0.29) is 6.10 Å². The molecule has 0 amide bonds. The van der Waals surface area contributed by atoms with Crippen LogP contribution in [-0.2, 0) is 13.1 Å². The summed E-state index contributed by atoms with van der Waals surface area (Å²) in [6.07, 6.45) is 6.31. The zero-order valence-electron chi connectivity index (χ0n) is 11.7. The SMILES string of the molecule is CCC1CCC(O)C(CN2CCn3cnnc3C2)C1. The number of aliphatic hydroxyl groups is 1. The van der Waals surface area contributed by atoms with E-state index >= 15 is 0 Å². The summed E-state index contributed by atoms with van der Waals surface area (Å²) in [6, 6.07) is 0. The molecule has 0 spiro atoms. The van der Waals surface area contributed by atoms with Gasteiger partial charge in [-0.2, -0.15) is 0 Å². The van der Waals surface area contributed by atoms with Crippen molar-refractivity contribution >= 4 is 0 Å². The number of fused-ring (bicyclic) bond motifs is 1. The number of aliphatic hydroxyl groups excluding tert-OH is 1. The van der Waals surface area contributed by atoms with Gasteiger partial charge in [0.2, 0.25) is 0 Å². The van der Waals surface area contributed by atoms with Gasteiger partial charge >= 0.3 is 0 Å². The maximum absolute atomic E-state index is 10.2. The van der Waals surface area contributed by atoms with Crippen molar-refractivity contribution in [3.8, 4) is 0 Å². The molecule has 1 saturated carbocycles. The fourth-order valence-electron chi connectivity index (χ4n) is 3.52. The minimum atomic E-state index is -0.109. The quantitative estimate of drug-likeness (QED) is 0.893. The summed E-state index contributed by atoms with van der Waals surface area (Å²) in [6.45, 7) is 6.17. The summed E-state index contributed by atoms with van der Waals surface area (Å²) in [7, 11) is 0. The molecule has 3 unspecified atom stereocenters. The third-order valence-electron chi connectivity index (χ3n) is 4.84. The number of hydrogen-bond acceptors (Lipinski definition) is 4. The Morgan fingerprint density at radius 1 is 1.37 bits per heavy atom. The van der Waals surface area contributed by atoms with E-state index < -0.39 is 0 Å². The van der Waals surface area contributed by atoms with Crippen molar-refractivity contribution in [2.45, 2.75) is 51.8 Å². The van der Waals surface area contributed by atoms with Gasteiger partial charge in [0, 0.05) is 19.6 Å². The highest BCUT2D eigenvalue weighted by atomic mass is 16.3. The molecule has 2 heterocycles. The van der Waals surface area contributed by atoms with Crippen LogP contribution in [0.5, 0.6) is 0 Å². The molecule has 1 fully saturated rings. The molecule has 19 heavy (non-hydrogen) atoms. The molecule has 5 nitrogen and oxygen atoms in total. The van der Waals surface area contributed by atoms with Crippen molar-refractivity contribution in [1.29, 1.82) is 0 Å². The maximum atomic E-state index is 10.2. The largest absolute Gasteiger partial charge is 0.393 e. The van der Waals surface area contributed by atoms with Gasteiger partial charge in [-0.3, -0.25) is 4.90 Å². The predicted molar refractivity (Wildman–Crippen MR) is 72.4 cm³/mol. The van der Waals surface area contributed by atoms with Crippen molar-refractivity contribution < 1.29 is 5.11 Å². The summed E-state index contributed by atoms with van der Waals surface area (Å²) < 4.78 is 2.13. The van der Waals surface area contributed by atoms with Crippen LogP contribution in [0, 0.1) is 11.8 Å². The Labute approximate surface area is 114 Å². The topological polar surface area (TPSA) is 54.2 Å². The molecule has 1 aliphatic carbocycles. The lowest BCUT2D eigenvalue weighted by Gasteiger charge is -2.37. The number of nitrogens with zero attached hydrogens (tertiary/aromatic N) is 4. The Balaban J connectivity index is 1.59. The second kappa shape index (κ2) is 5.59. The fourth-order valence-corrected chi connectivity index (χ4v) is 3.52. The lowest BCUT2D eigenvalue weighted by molar-refractivity contribution is 0.0215. The maximum Gasteiger partial charge on any atom is 0.147 e. The molecular weight excluding hydrogens is 240 g/mol. The van der Waals surface area contributed by atoms with E-state index in [0.717, 1.165) is 44.3 Å². The normalized spacial score (nSPS) is 32.2. The second-order valence-electron chi connectivity index (χ2n) is 6.09. The highest BCUT2D eigenvalue weighted by molar-refractivity contribution is 4.91. The van der Waals surface area contributed by atoms with Gasteiger partial charge in [0.1, 0.15) is 12.2 Å². The van der Waals surface area contributed by atoms with Crippen LogP contribution in [0.2, 0.25) is 0 Å². The van der Waals surface area contributed by atoms with Gasteiger partial charge in [0.25, 0.3) is 0 Å². The highest BCUT2D eigenvalue weighted by Crippen LogP contribution is 2.32. The third-order valence-corrected chi connectivity index (χ3v) is 4.84. The van der Waals surface area contributed by atoms with Crippen LogP contribution < -0.4 is 0 Å². The number of rotatable bonds is 3. The van der Waals surface area contributed by atoms with Crippen LogP contribution in [0.1, 0.15) is 38.4 Å². The van der Waals surface area contributed by atoms with E-state index in [1.807, 2.05) is 6.33 Å². The molecule has 1 aliphatic heterocycles. The third kappa shape index (κ3) is 2.82. The van der Waals surface area contributed by atoms with Crippen molar-refractivity contribution in [3.05, 3.63) is 12.2 Å². The van der Waals surface area contributed by atoms with Gasteiger partial charge in [0.15, 0.2) is 0 Å². The first-order chi connectivity index (χ1) is 9.26. The van der Waals surface area contributed by atoms with Gasteiger partial charge in [-0.1, -0.05) is 13.3 Å². The Hall–Kier alpha value is -0.940. The molecule has 106 valence electrons. The van der Waals surface area contributed by atoms with Crippen molar-refractivity contribution in [2.24, 2.45) is 11.8 Å². The Morgan fingerprint density at radius 3 is 3.11 bits per heavy atom. The summed E-state index contributed by atoms with van der Waals surface area (Å²) >= 11 is 0. The molecule has 0 saturated heterocycles. The summed E-state index contributed by atoms with van der Waals surface area (Å²) in [5, 5.41) is 18.3.